The van der Waals surface area contributed by atoms with E-state index in [2.05, 4.69) is 15.4 Å². The minimum atomic E-state index is -3.30. The van der Waals surface area contributed by atoms with Gasteiger partial charge in [0.1, 0.15) is 4.92 Å². The molecule has 0 radical (unpaired) electrons. The Morgan fingerprint density at radius 2 is 1.93 bits per heavy atom. The topological polar surface area (TPSA) is 122 Å². The molecule has 1 aromatic carbocycles. The quantitative estimate of drug-likeness (QED) is 0.319. The van der Waals surface area contributed by atoms with E-state index in [0.29, 0.717) is 32.0 Å². The Bertz CT molecular complexity index is 860. The Kier molecular flexibility index (Phi) is 5.90. The van der Waals surface area contributed by atoms with Crippen LogP contribution in [0.1, 0.15) is 11.3 Å². The summed E-state index contributed by atoms with van der Waals surface area (Å²) >= 11 is 0. The first-order chi connectivity index (χ1) is 13.0. The van der Waals surface area contributed by atoms with Gasteiger partial charge in [-0.05, 0) is 25.1 Å². The first-order valence-electron chi connectivity index (χ1n) is 8.29. The second kappa shape index (κ2) is 8.34. The molecule has 0 amide bonds. The average Bonchev–Trinajstić information content (AvgIpc) is 3.14. The van der Waals surface area contributed by atoms with Crippen molar-refractivity contribution in [2.45, 2.75) is 6.92 Å². The highest BCUT2D eigenvalue weighted by molar-refractivity contribution is 7.61. The monoisotopic (exact) mass is 393 g/mol. The van der Waals surface area contributed by atoms with Crippen LogP contribution in [0.2, 0.25) is 0 Å². The van der Waals surface area contributed by atoms with Gasteiger partial charge >= 0.3 is 13.5 Å². The molecular weight excluding hydrogens is 373 g/mol. The molecule has 11 heteroatoms. The molecule has 2 N–H and O–H groups in total. The predicted octanol–water partition coefficient (Wildman–Crippen LogP) is 2.97. The fourth-order valence-corrected chi connectivity index (χ4v) is 4.24. The van der Waals surface area contributed by atoms with Gasteiger partial charge < -0.3 is 14.2 Å². The highest BCUT2D eigenvalue weighted by Crippen LogP contribution is 2.45. The molecule has 3 rings (SSSR count). The number of hydrogen-bond acceptors (Lipinski definition) is 6. The van der Waals surface area contributed by atoms with Gasteiger partial charge in [0, 0.05) is 18.8 Å². The average molecular weight is 393 g/mol. The second-order valence-electron chi connectivity index (χ2n) is 5.91. The molecule has 0 spiro atoms. The standard InChI is InChI=1S/C16H20N5O5P/c1-13-2-4-14(5-3-13)18-27(24,20-8-10-25-11-9-20)19-17-12-15-6-7-16(26-15)21(22)23/h2-7,12H,8-11H2,1H3,(H2,18,19,24)/b17-12+. The number of rotatable bonds is 7. The predicted molar refractivity (Wildman–Crippen MR) is 101 cm³/mol. The van der Waals surface area contributed by atoms with Crippen LogP contribution in [0.5, 0.6) is 0 Å². The second-order valence-corrected chi connectivity index (χ2v) is 8.05. The van der Waals surface area contributed by atoms with Gasteiger partial charge in [-0.2, -0.15) is 5.10 Å². The summed E-state index contributed by atoms with van der Waals surface area (Å²) in [5.41, 5.74) is 1.78. The zero-order valence-electron chi connectivity index (χ0n) is 14.7. The number of hydrogen-bond donors (Lipinski definition) is 2. The highest BCUT2D eigenvalue weighted by Gasteiger charge is 2.32. The lowest BCUT2D eigenvalue weighted by Crippen LogP contribution is -2.38. The SMILES string of the molecule is Cc1ccc(NP(=O)(N/N=C/c2ccc([N+](=O)[O-])o2)N2CCOCC2)cc1. The zero-order chi connectivity index (χ0) is 19.3. The van der Waals surface area contributed by atoms with Crippen molar-refractivity contribution in [3.05, 3.63) is 57.8 Å². The lowest BCUT2D eigenvalue weighted by Gasteiger charge is -2.33. The molecular formula is C16H20N5O5P. The van der Waals surface area contributed by atoms with Crippen LogP contribution in [0.25, 0.3) is 0 Å². The smallest absolute Gasteiger partial charge is 0.400 e. The van der Waals surface area contributed by atoms with E-state index < -0.39 is 12.5 Å². The Labute approximate surface area is 155 Å². The molecule has 10 nitrogen and oxygen atoms in total. The van der Waals surface area contributed by atoms with E-state index in [1.165, 1.54) is 18.3 Å². The summed E-state index contributed by atoms with van der Waals surface area (Å²) < 4.78 is 25.6. The Balaban J connectivity index is 1.76. The minimum Gasteiger partial charge on any atom is -0.400 e. The first kappa shape index (κ1) is 19.1. The van der Waals surface area contributed by atoms with Crippen LogP contribution in [0, 0.1) is 17.0 Å². The van der Waals surface area contributed by atoms with Gasteiger partial charge in [-0.3, -0.25) is 14.7 Å². The zero-order valence-corrected chi connectivity index (χ0v) is 15.6. The molecule has 1 atom stereocenters. The van der Waals surface area contributed by atoms with Crippen molar-refractivity contribution in [2.75, 3.05) is 31.4 Å². The van der Waals surface area contributed by atoms with Gasteiger partial charge in [0.25, 0.3) is 0 Å². The number of benzene rings is 1. The lowest BCUT2D eigenvalue weighted by molar-refractivity contribution is -0.402. The molecule has 1 saturated heterocycles. The summed E-state index contributed by atoms with van der Waals surface area (Å²) in [6.45, 7) is 3.86. The molecule has 1 aliphatic heterocycles. The third-order valence-electron chi connectivity index (χ3n) is 3.90. The summed E-state index contributed by atoms with van der Waals surface area (Å²) in [5.74, 6) is -0.205. The molecule has 0 aliphatic carbocycles. The van der Waals surface area contributed by atoms with E-state index >= 15 is 0 Å². The maximum absolute atomic E-state index is 13.5. The fourth-order valence-electron chi connectivity index (χ4n) is 2.48. The highest BCUT2D eigenvalue weighted by atomic mass is 31.2. The molecule has 1 fully saturated rings. The van der Waals surface area contributed by atoms with Crippen LogP contribution < -0.4 is 10.3 Å². The third-order valence-corrected chi connectivity index (χ3v) is 6.04. The van der Waals surface area contributed by atoms with E-state index in [-0.39, 0.29) is 11.6 Å². The number of anilines is 1. The maximum atomic E-state index is 13.5. The summed E-state index contributed by atoms with van der Waals surface area (Å²) in [4.78, 5) is 10.0. The van der Waals surface area contributed by atoms with Crippen molar-refractivity contribution in [3.63, 3.8) is 0 Å². The van der Waals surface area contributed by atoms with Crippen molar-refractivity contribution < 1.29 is 18.6 Å². The van der Waals surface area contributed by atoms with Gasteiger partial charge in [0.15, 0.2) is 5.76 Å². The number of nitrogens with zero attached hydrogens (tertiary/aromatic N) is 3. The van der Waals surface area contributed by atoms with Gasteiger partial charge in [-0.1, -0.05) is 17.7 Å². The van der Waals surface area contributed by atoms with Crippen LogP contribution >= 0.6 is 7.59 Å². The van der Waals surface area contributed by atoms with Crippen molar-refractivity contribution in [1.82, 2.24) is 9.87 Å². The number of furan rings is 1. The Morgan fingerprint density at radius 3 is 2.56 bits per heavy atom. The molecule has 144 valence electrons. The molecule has 0 saturated carbocycles. The third kappa shape index (κ3) is 4.94. The van der Waals surface area contributed by atoms with E-state index in [4.69, 9.17) is 9.15 Å². The van der Waals surface area contributed by atoms with Crippen LogP contribution in [0.15, 0.2) is 45.9 Å². The molecule has 1 aliphatic rings. The van der Waals surface area contributed by atoms with Crippen LogP contribution in [-0.4, -0.2) is 42.1 Å². The molecule has 0 bridgehead atoms. The van der Waals surface area contributed by atoms with E-state index in [1.807, 2.05) is 31.2 Å². The summed E-state index contributed by atoms with van der Waals surface area (Å²) in [7, 11) is -3.30. The largest absolute Gasteiger partial charge is 0.433 e. The van der Waals surface area contributed by atoms with Gasteiger partial charge in [0.05, 0.1) is 25.5 Å². The van der Waals surface area contributed by atoms with Crippen molar-refractivity contribution >= 4 is 25.4 Å². The molecule has 1 aromatic heterocycles. The van der Waals surface area contributed by atoms with Crippen molar-refractivity contribution in [1.29, 1.82) is 0 Å². The van der Waals surface area contributed by atoms with Gasteiger partial charge in [0.2, 0.25) is 0 Å². The number of nitrogens with one attached hydrogen (secondary N) is 2. The minimum absolute atomic E-state index is 0.179. The lowest BCUT2D eigenvalue weighted by atomic mass is 10.2. The van der Waals surface area contributed by atoms with E-state index in [9.17, 15) is 14.7 Å². The van der Waals surface area contributed by atoms with E-state index in [0.717, 1.165) is 5.56 Å². The van der Waals surface area contributed by atoms with Crippen molar-refractivity contribution in [3.8, 4) is 0 Å². The first-order valence-corrected chi connectivity index (χ1v) is 9.95. The van der Waals surface area contributed by atoms with Crippen LogP contribution in [0.4, 0.5) is 11.6 Å². The van der Waals surface area contributed by atoms with Gasteiger partial charge in [-0.15, -0.1) is 0 Å². The van der Waals surface area contributed by atoms with Crippen LogP contribution in [-0.2, 0) is 9.30 Å². The molecule has 2 aromatic rings. The molecule has 2 heterocycles. The Hall–Kier alpha value is -2.68. The number of aryl methyl sites for hydroxylation is 1. The normalized spacial score (nSPS) is 17.5. The summed E-state index contributed by atoms with van der Waals surface area (Å²) in [5, 5.41) is 20.3. The van der Waals surface area contributed by atoms with E-state index in [1.54, 1.807) is 4.67 Å². The number of morpholine rings is 1. The Morgan fingerprint density at radius 1 is 1.22 bits per heavy atom. The maximum Gasteiger partial charge on any atom is 0.433 e. The van der Waals surface area contributed by atoms with Crippen molar-refractivity contribution in [2.24, 2.45) is 5.10 Å². The van der Waals surface area contributed by atoms with Crippen LogP contribution in [0.3, 0.4) is 0 Å². The number of nitro groups is 1. The number of hydrazone groups is 1. The fraction of sp³-hybridized carbons (Fsp3) is 0.312. The summed E-state index contributed by atoms with van der Waals surface area (Å²) in [6.07, 6.45) is 1.25. The molecule has 1 unspecified atom stereocenters. The molecule has 27 heavy (non-hydrogen) atoms. The number of ether oxygens (including phenoxy) is 1. The summed E-state index contributed by atoms with van der Waals surface area (Å²) in [6, 6.07) is 10.1. The van der Waals surface area contributed by atoms with Gasteiger partial charge in [-0.25, -0.2) is 9.87 Å².